The van der Waals surface area contributed by atoms with Gasteiger partial charge in [-0.3, -0.25) is 4.79 Å². The van der Waals surface area contributed by atoms with E-state index in [1.165, 1.54) is 23.3 Å². The highest BCUT2D eigenvalue weighted by Gasteiger charge is 2.46. The molecule has 110 valence electrons. The minimum absolute atomic E-state index is 0.277. The molecule has 1 aliphatic carbocycles. The number of rotatable bonds is 4. The average Bonchev–Trinajstić information content (AvgIpc) is 2.94. The van der Waals surface area contributed by atoms with Crippen molar-refractivity contribution in [1.29, 1.82) is 0 Å². The monoisotopic (exact) mass is 297 g/mol. The van der Waals surface area contributed by atoms with Crippen LogP contribution in [0.3, 0.4) is 0 Å². The number of carbonyl (C=O) groups is 2. The first-order valence-corrected chi connectivity index (χ1v) is 7.54. The Balaban J connectivity index is 2.30. The lowest BCUT2D eigenvalue weighted by atomic mass is 9.80. The number of hydrogen-bond acceptors (Lipinski definition) is 4. The van der Waals surface area contributed by atoms with Crippen LogP contribution in [0.2, 0.25) is 0 Å². The molecule has 0 bridgehead atoms. The number of amides is 1. The Kier molecular flexibility index (Phi) is 4.32. The maximum absolute atomic E-state index is 12.6. The molecule has 1 aromatic rings. The van der Waals surface area contributed by atoms with Crippen LogP contribution in [0.1, 0.15) is 41.8 Å². The van der Waals surface area contributed by atoms with Crippen molar-refractivity contribution < 1.29 is 19.4 Å². The van der Waals surface area contributed by atoms with Crippen LogP contribution in [0.15, 0.2) is 11.4 Å². The number of aliphatic carboxylic acids is 1. The number of likely N-dealkylation sites (N-methyl/N-ethyl adjacent to an activating group) is 1. The number of nitrogens with zero attached hydrogens (tertiary/aromatic N) is 1. The molecule has 1 heterocycles. The van der Waals surface area contributed by atoms with Gasteiger partial charge in [0.15, 0.2) is 0 Å². The molecule has 20 heavy (non-hydrogen) atoms. The number of methoxy groups -OCH3 is 1. The summed E-state index contributed by atoms with van der Waals surface area (Å²) >= 11 is 1.28. The van der Waals surface area contributed by atoms with Crippen molar-refractivity contribution in [3.63, 3.8) is 0 Å². The van der Waals surface area contributed by atoms with Gasteiger partial charge in [-0.05, 0) is 24.3 Å². The Labute approximate surface area is 122 Å². The largest absolute Gasteiger partial charge is 0.495 e. The van der Waals surface area contributed by atoms with Crippen molar-refractivity contribution >= 4 is 23.2 Å². The molecule has 0 unspecified atom stereocenters. The van der Waals surface area contributed by atoms with E-state index in [1.807, 2.05) is 0 Å². The number of hydrogen-bond donors (Lipinski definition) is 1. The van der Waals surface area contributed by atoms with E-state index < -0.39 is 11.5 Å². The maximum atomic E-state index is 12.6. The second kappa shape index (κ2) is 5.83. The van der Waals surface area contributed by atoms with Crippen LogP contribution in [0.25, 0.3) is 0 Å². The molecule has 1 amide bonds. The minimum atomic E-state index is -1.08. The molecule has 1 saturated carbocycles. The Morgan fingerprint density at radius 2 is 2.00 bits per heavy atom. The van der Waals surface area contributed by atoms with Crippen molar-refractivity contribution in [2.45, 2.75) is 37.6 Å². The van der Waals surface area contributed by atoms with E-state index in [0.29, 0.717) is 23.5 Å². The quantitative estimate of drug-likeness (QED) is 0.927. The third-order valence-electron chi connectivity index (χ3n) is 4.07. The van der Waals surface area contributed by atoms with Gasteiger partial charge in [0.2, 0.25) is 0 Å². The second-order valence-corrected chi connectivity index (χ2v) is 6.00. The molecule has 0 aromatic carbocycles. The highest BCUT2D eigenvalue weighted by atomic mass is 32.1. The summed E-state index contributed by atoms with van der Waals surface area (Å²) in [5.74, 6) is -0.687. The van der Waals surface area contributed by atoms with Crippen LogP contribution in [0, 0.1) is 0 Å². The molecule has 0 spiro atoms. The Morgan fingerprint density at radius 3 is 2.55 bits per heavy atom. The summed E-state index contributed by atoms with van der Waals surface area (Å²) in [7, 11) is 3.09. The molecule has 0 aliphatic heterocycles. The van der Waals surface area contributed by atoms with E-state index in [9.17, 15) is 14.7 Å². The molecule has 0 saturated heterocycles. The van der Waals surface area contributed by atoms with Crippen LogP contribution in [-0.4, -0.2) is 41.6 Å². The summed E-state index contributed by atoms with van der Waals surface area (Å²) in [4.78, 5) is 26.2. The Morgan fingerprint density at radius 1 is 1.35 bits per heavy atom. The standard InChI is InChI=1S/C14H19NO4S/c1-15(12(16)11-10(19-2)6-9-20-11)14(13(17)18)7-4-3-5-8-14/h6,9H,3-5,7-8H2,1-2H3,(H,17,18). The fraction of sp³-hybridized carbons (Fsp3) is 0.571. The van der Waals surface area contributed by atoms with Crippen molar-refractivity contribution in [3.05, 3.63) is 16.3 Å². The van der Waals surface area contributed by atoms with Gasteiger partial charge in [-0.15, -0.1) is 11.3 Å². The van der Waals surface area contributed by atoms with Gasteiger partial charge in [-0.25, -0.2) is 4.79 Å². The topological polar surface area (TPSA) is 66.8 Å². The number of ether oxygens (including phenoxy) is 1. The zero-order chi connectivity index (χ0) is 14.8. The molecule has 1 N–H and O–H groups in total. The fourth-order valence-electron chi connectivity index (χ4n) is 2.79. The van der Waals surface area contributed by atoms with E-state index in [1.54, 1.807) is 18.5 Å². The highest BCUT2D eigenvalue weighted by Crippen LogP contribution is 2.36. The fourth-order valence-corrected chi connectivity index (χ4v) is 3.62. The lowest BCUT2D eigenvalue weighted by molar-refractivity contribution is -0.151. The van der Waals surface area contributed by atoms with Gasteiger partial charge in [0, 0.05) is 7.05 Å². The van der Waals surface area contributed by atoms with Gasteiger partial charge in [0.25, 0.3) is 5.91 Å². The zero-order valence-corrected chi connectivity index (χ0v) is 12.5. The number of carboxylic acid groups (broad SMARTS) is 1. The van der Waals surface area contributed by atoms with Crippen LogP contribution in [-0.2, 0) is 4.79 Å². The Hall–Kier alpha value is -1.56. The molecular weight excluding hydrogens is 278 g/mol. The summed E-state index contributed by atoms with van der Waals surface area (Å²) in [6.45, 7) is 0. The molecule has 1 fully saturated rings. The minimum Gasteiger partial charge on any atom is -0.495 e. The van der Waals surface area contributed by atoms with Crippen molar-refractivity contribution in [2.75, 3.05) is 14.2 Å². The second-order valence-electron chi connectivity index (χ2n) is 5.08. The number of carbonyl (C=O) groups excluding carboxylic acids is 1. The van der Waals surface area contributed by atoms with Crippen LogP contribution < -0.4 is 4.74 Å². The summed E-state index contributed by atoms with van der Waals surface area (Å²) in [5, 5.41) is 11.4. The van der Waals surface area contributed by atoms with E-state index >= 15 is 0 Å². The van der Waals surface area contributed by atoms with Gasteiger partial charge in [-0.1, -0.05) is 19.3 Å². The van der Waals surface area contributed by atoms with Gasteiger partial charge in [-0.2, -0.15) is 0 Å². The normalized spacial score (nSPS) is 17.5. The van der Waals surface area contributed by atoms with Gasteiger partial charge < -0.3 is 14.7 Å². The van der Waals surface area contributed by atoms with Crippen LogP contribution >= 0.6 is 11.3 Å². The molecule has 5 nitrogen and oxygen atoms in total. The highest BCUT2D eigenvalue weighted by molar-refractivity contribution is 7.12. The van der Waals surface area contributed by atoms with Crippen molar-refractivity contribution in [3.8, 4) is 5.75 Å². The average molecular weight is 297 g/mol. The predicted molar refractivity (Wildman–Crippen MR) is 76.4 cm³/mol. The van der Waals surface area contributed by atoms with Gasteiger partial charge >= 0.3 is 5.97 Å². The van der Waals surface area contributed by atoms with Crippen LogP contribution in [0.4, 0.5) is 0 Å². The third-order valence-corrected chi connectivity index (χ3v) is 4.95. The predicted octanol–water partition coefficient (Wildman–Crippen LogP) is 2.62. The Bertz CT molecular complexity index is 505. The first kappa shape index (κ1) is 14.8. The lowest BCUT2D eigenvalue weighted by Gasteiger charge is -2.40. The van der Waals surface area contributed by atoms with Crippen molar-refractivity contribution in [2.24, 2.45) is 0 Å². The summed E-state index contributed by atoms with van der Waals surface area (Å²) in [6.07, 6.45) is 3.73. The number of thiophene rings is 1. The van der Waals surface area contributed by atoms with Gasteiger partial charge in [0.05, 0.1) is 7.11 Å². The van der Waals surface area contributed by atoms with Gasteiger partial charge in [0.1, 0.15) is 16.2 Å². The molecule has 0 atom stereocenters. The zero-order valence-electron chi connectivity index (χ0n) is 11.7. The first-order chi connectivity index (χ1) is 9.53. The van der Waals surface area contributed by atoms with E-state index in [-0.39, 0.29) is 5.91 Å². The first-order valence-electron chi connectivity index (χ1n) is 6.66. The van der Waals surface area contributed by atoms with E-state index in [2.05, 4.69) is 0 Å². The number of carboxylic acids is 1. The van der Waals surface area contributed by atoms with E-state index in [0.717, 1.165) is 19.3 Å². The third kappa shape index (κ3) is 2.40. The SMILES string of the molecule is COc1ccsc1C(=O)N(C)C1(C(=O)O)CCCCC1. The molecule has 6 heteroatoms. The lowest BCUT2D eigenvalue weighted by Crippen LogP contribution is -2.56. The van der Waals surface area contributed by atoms with E-state index in [4.69, 9.17) is 4.74 Å². The van der Waals surface area contributed by atoms with Crippen LogP contribution in [0.5, 0.6) is 5.75 Å². The van der Waals surface area contributed by atoms with Crippen molar-refractivity contribution in [1.82, 2.24) is 4.90 Å². The smallest absolute Gasteiger partial charge is 0.329 e. The molecule has 2 rings (SSSR count). The molecule has 0 radical (unpaired) electrons. The summed E-state index contributed by atoms with van der Waals surface area (Å²) in [6, 6.07) is 1.72. The summed E-state index contributed by atoms with van der Waals surface area (Å²) in [5.41, 5.74) is -1.08. The summed E-state index contributed by atoms with van der Waals surface area (Å²) < 4.78 is 5.15. The molecule has 1 aromatic heterocycles. The maximum Gasteiger partial charge on any atom is 0.329 e. The molecule has 1 aliphatic rings. The molecular formula is C14H19NO4S.